The van der Waals surface area contributed by atoms with E-state index in [1.54, 1.807) is 0 Å². The van der Waals surface area contributed by atoms with E-state index in [-0.39, 0.29) is 23.0 Å². The monoisotopic (exact) mass is 792 g/mol. The smallest absolute Gasteiger partial charge is 0.263 e. The fraction of sp³-hybridized carbons (Fsp3) is 0.667. The van der Waals surface area contributed by atoms with Gasteiger partial charge in [0.25, 0.3) is 5.91 Å². The molecule has 2 aromatic carbocycles. The molecule has 4 aliphatic heterocycles. The van der Waals surface area contributed by atoms with E-state index in [2.05, 4.69) is 57.6 Å². The molecule has 55 heavy (non-hydrogen) atoms. The summed E-state index contributed by atoms with van der Waals surface area (Å²) in [5, 5.41) is 8.82. The molecule has 4 heterocycles. The number of aryl methyl sites for hydroxylation is 1. The Morgan fingerprint density at radius 3 is 2.58 bits per heavy atom. The van der Waals surface area contributed by atoms with Crippen LogP contribution in [0.25, 0.3) is 0 Å². The zero-order valence-electron chi connectivity index (χ0n) is 33.5. The van der Waals surface area contributed by atoms with Crippen LogP contribution in [0, 0.1) is 29.6 Å². The zero-order valence-corrected chi connectivity index (χ0v) is 35.0. The average molecular weight is 794 g/mol. The first-order chi connectivity index (χ1) is 26.7. The number of piperazine rings is 1. The van der Waals surface area contributed by atoms with Gasteiger partial charge < -0.3 is 14.7 Å². The van der Waals surface area contributed by atoms with Crippen LogP contribution in [0.3, 0.4) is 0 Å². The number of piperidine rings is 1. The highest BCUT2D eigenvalue weighted by Gasteiger charge is 2.40. The van der Waals surface area contributed by atoms with Crippen molar-refractivity contribution < 1.29 is 18.8 Å². The minimum Gasteiger partial charge on any atom is -0.491 e. The average Bonchev–Trinajstić information content (AvgIpc) is 4.04. The van der Waals surface area contributed by atoms with E-state index < -0.39 is 11.0 Å². The number of hydrogen-bond donors (Lipinski definition) is 2. The molecule has 6 aliphatic rings. The first kappa shape index (κ1) is 40.8. The number of nitrogens with one attached hydrogen (secondary N) is 1. The molecule has 8 unspecified atom stereocenters. The molecule has 2 bridgehead atoms. The number of halogens is 1. The molecule has 2 N–H and O–H groups in total. The Morgan fingerprint density at radius 2 is 1.84 bits per heavy atom. The van der Waals surface area contributed by atoms with Crippen molar-refractivity contribution in [3.05, 3.63) is 70.3 Å². The van der Waals surface area contributed by atoms with Gasteiger partial charge in [-0.05, 0) is 136 Å². The summed E-state index contributed by atoms with van der Waals surface area (Å²) in [4.78, 5) is 21.5. The first-order valence-electron chi connectivity index (χ1n) is 21.5. The van der Waals surface area contributed by atoms with E-state index in [1.165, 1.54) is 75.7 Å². The molecule has 8 atom stereocenters. The van der Waals surface area contributed by atoms with Gasteiger partial charge in [0.05, 0.1) is 17.5 Å². The Balaban J connectivity index is 0.000000862. The van der Waals surface area contributed by atoms with Gasteiger partial charge in [0, 0.05) is 68.4 Å². The van der Waals surface area contributed by atoms with Gasteiger partial charge in [-0.1, -0.05) is 56.5 Å². The quantitative estimate of drug-likeness (QED) is 0.289. The zero-order chi connectivity index (χ0) is 38.5. The summed E-state index contributed by atoms with van der Waals surface area (Å²) < 4.78 is 22.9. The maximum absolute atomic E-state index is 13.5. The normalized spacial score (nSPS) is 32.3. The van der Waals surface area contributed by atoms with Crippen LogP contribution in [-0.4, -0.2) is 95.3 Å². The number of allylic oxidation sites excluding steroid dienone is 1. The van der Waals surface area contributed by atoms with E-state index in [0.717, 1.165) is 61.9 Å². The minimum absolute atomic E-state index is 0.163. The SMILES string of the molecule is CCCc1cc(Cl)ccc1C1COc2ccc3cc2N(C1)CC1CCC1C(CN1CCN2CCCCC2C1)/C=C/CC(C)C(C)S(=O)NC3=O.OCC1CC1. The largest absolute Gasteiger partial charge is 0.491 e. The number of carbonyl (C=O) groups excluding carboxylic acids is 1. The molecule has 2 aromatic rings. The number of nitrogens with zero attached hydrogens (tertiary/aromatic N) is 3. The number of amides is 1. The fourth-order valence-corrected chi connectivity index (χ4v) is 10.8. The molecule has 2 aliphatic carbocycles. The maximum atomic E-state index is 13.5. The summed E-state index contributed by atoms with van der Waals surface area (Å²) in [6.45, 7) is 15.0. The molecule has 8 nitrogen and oxygen atoms in total. The first-order valence-corrected chi connectivity index (χ1v) is 23.0. The number of fused-ring (bicyclic) bond motifs is 3. The topological polar surface area (TPSA) is 85.4 Å². The summed E-state index contributed by atoms with van der Waals surface area (Å²) in [6.07, 6.45) is 16.8. The summed E-state index contributed by atoms with van der Waals surface area (Å²) >= 11 is 6.50. The molecule has 0 radical (unpaired) electrons. The van der Waals surface area contributed by atoms with Crippen molar-refractivity contribution in [2.24, 2.45) is 29.6 Å². The van der Waals surface area contributed by atoms with Crippen molar-refractivity contribution in [1.29, 1.82) is 0 Å². The van der Waals surface area contributed by atoms with Crippen LogP contribution in [0.4, 0.5) is 5.69 Å². The lowest BCUT2D eigenvalue weighted by Crippen LogP contribution is -2.56. The van der Waals surface area contributed by atoms with Gasteiger partial charge in [0.2, 0.25) is 0 Å². The van der Waals surface area contributed by atoms with Crippen LogP contribution in [0.1, 0.15) is 106 Å². The second kappa shape index (κ2) is 18.9. The van der Waals surface area contributed by atoms with Crippen molar-refractivity contribution in [2.45, 2.75) is 102 Å². The summed E-state index contributed by atoms with van der Waals surface area (Å²) in [5.74, 6) is 3.21. The molecule has 8 rings (SSSR count). The van der Waals surface area contributed by atoms with E-state index >= 15 is 0 Å². The Labute approximate surface area is 338 Å². The number of aliphatic hydroxyl groups is 1. The standard InChI is InChI=1S/C41H57ClN4O3S.C4H8O/c1-4-8-30-21-35(42)14-16-37(30)34-25-46-24-33-12-15-38(33)32(23-44-19-20-45-18-6-5-11-36(45)26-44)10-7-9-28(2)29(3)50(48)43-41(47)31-13-17-40(49-27-34)39(46)22-31;5-3-4-1-2-4/h7,10,13-14,16-17,21-22,28-29,32-34,36,38H,4-6,8-9,11-12,15,18-20,23-27H2,1-3H3,(H,43,47);4-5H,1-3H2/b10-7+;. The van der Waals surface area contributed by atoms with Crippen molar-refractivity contribution in [2.75, 3.05) is 63.9 Å². The number of anilines is 1. The Kier molecular flexibility index (Phi) is 14.0. The van der Waals surface area contributed by atoms with Gasteiger partial charge in [0.1, 0.15) is 16.7 Å². The summed E-state index contributed by atoms with van der Waals surface area (Å²) in [7, 11) is -1.49. The second-order valence-electron chi connectivity index (χ2n) is 17.5. The maximum Gasteiger partial charge on any atom is 0.263 e. The van der Waals surface area contributed by atoms with Gasteiger partial charge in [-0.2, -0.15) is 0 Å². The predicted octanol–water partition coefficient (Wildman–Crippen LogP) is 7.85. The Hall–Kier alpha value is -2.43. The van der Waals surface area contributed by atoms with Gasteiger partial charge >= 0.3 is 0 Å². The molecule has 10 heteroatoms. The lowest BCUT2D eigenvalue weighted by Gasteiger charge is -2.48. The van der Waals surface area contributed by atoms with E-state index in [9.17, 15) is 9.00 Å². The lowest BCUT2D eigenvalue weighted by molar-refractivity contribution is 0.0283. The third kappa shape index (κ3) is 10.2. The van der Waals surface area contributed by atoms with Crippen LogP contribution in [0.2, 0.25) is 5.02 Å². The number of carbonyl (C=O) groups is 1. The molecule has 0 aromatic heterocycles. The fourth-order valence-electron chi connectivity index (χ4n) is 9.56. The highest BCUT2D eigenvalue weighted by Crippen LogP contribution is 2.45. The number of rotatable bonds is 6. The van der Waals surface area contributed by atoms with E-state index in [4.69, 9.17) is 21.4 Å². The van der Waals surface area contributed by atoms with Crippen LogP contribution in [0.5, 0.6) is 5.75 Å². The van der Waals surface area contributed by atoms with E-state index in [0.29, 0.717) is 48.5 Å². The molecule has 1 amide bonds. The van der Waals surface area contributed by atoms with Crippen LogP contribution < -0.4 is 14.4 Å². The Morgan fingerprint density at radius 1 is 0.982 bits per heavy atom. The van der Waals surface area contributed by atoms with Crippen LogP contribution >= 0.6 is 11.6 Å². The lowest BCUT2D eigenvalue weighted by atomic mass is 9.66. The molecule has 2 saturated carbocycles. The molecule has 4 fully saturated rings. The second-order valence-corrected chi connectivity index (χ2v) is 19.5. The number of ether oxygens (including phenoxy) is 1. The van der Waals surface area contributed by atoms with E-state index in [1.807, 2.05) is 31.2 Å². The number of benzene rings is 2. The third-order valence-corrected chi connectivity index (χ3v) is 15.3. The predicted molar refractivity (Wildman–Crippen MR) is 225 cm³/mol. The van der Waals surface area contributed by atoms with Gasteiger partial charge in [0.15, 0.2) is 0 Å². The molecule has 0 spiro atoms. The molecule has 2 saturated heterocycles. The van der Waals surface area contributed by atoms with Crippen LogP contribution in [0.15, 0.2) is 48.6 Å². The van der Waals surface area contributed by atoms with Crippen molar-refractivity contribution >= 4 is 34.2 Å². The number of aliphatic hydroxyl groups excluding tert-OH is 1. The van der Waals surface area contributed by atoms with Crippen molar-refractivity contribution in [1.82, 2.24) is 14.5 Å². The van der Waals surface area contributed by atoms with Crippen molar-refractivity contribution in [3.63, 3.8) is 0 Å². The van der Waals surface area contributed by atoms with Gasteiger partial charge in [-0.3, -0.25) is 19.3 Å². The highest BCUT2D eigenvalue weighted by atomic mass is 35.5. The summed E-state index contributed by atoms with van der Waals surface area (Å²) in [5.41, 5.74) is 4.10. The highest BCUT2D eigenvalue weighted by molar-refractivity contribution is 7.84. The molecular formula is C45H65ClN4O4S. The number of hydrogen-bond acceptors (Lipinski definition) is 7. The molecule has 302 valence electrons. The third-order valence-electron chi connectivity index (χ3n) is 13.6. The van der Waals surface area contributed by atoms with Gasteiger partial charge in [-0.25, -0.2) is 4.21 Å². The van der Waals surface area contributed by atoms with Crippen molar-refractivity contribution in [3.8, 4) is 5.75 Å². The van der Waals surface area contributed by atoms with Gasteiger partial charge in [-0.15, -0.1) is 0 Å². The Bertz CT molecular complexity index is 1670. The summed E-state index contributed by atoms with van der Waals surface area (Å²) in [6, 6.07) is 12.8. The minimum atomic E-state index is -1.49. The molecular weight excluding hydrogens is 728 g/mol. The van der Waals surface area contributed by atoms with Crippen LogP contribution in [-0.2, 0) is 17.4 Å².